The van der Waals surface area contributed by atoms with E-state index in [0.717, 1.165) is 17.8 Å². The quantitative estimate of drug-likeness (QED) is 0.275. The molecule has 0 radical (unpaired) electrons. The normalized spacial score (nSPS) is 16.2. The van der Waals surface area contributed by atoms with E-state index in [2.05, 4.69) is 30.3 Å². The zero-order valence-corrected chi connectivity index (χ0v) is 17.9. The fourth-order valence-corrected chi connectivity index (χ4v) is 5.48. The first-order valence-electron chi connectivity index (χ1n) is 9.33. The summed E-state index contributed by atoms with van der Waals surface area (Å²) in [6, 6.07) is 7.18. The van der Waals surface area contributed by atoms with E-state index >= 15 is 0 Å². The molecule has 0 amide bonds. The van der Waals surface area contributed by atoms with Gasteiger partial charge in [-0.3, -0.25) is 0 Å². The van der Waals surface area contributed by atoms with Gasteiger partial charge < -0.3 is 15.7 Å². The second kappa shape index (κ2) is 9.25. The van der Waals surface area contributed by atoms with Crippen molar-refractivity contribution in [2.24, 2.45) is 10.9 Å². The molecule has 3 aromatic rings. The third-order valence-electron chi connectivity index (χ3n) is 4.81. The highest BCUT2D eigenvalue weighted by Crippen LogP contribution is 2.41. The van der Waals surface area contributed by atoms with Crippen molar-refractivity contribution in [1.82, 2.24) is 30.3 Å². The van der Waals surface area contributed by atoms with Gasteiger partial charge in [-0.2, -0.15) is 5.21 Å². The monoisotopic (exact) mass is 463 g/mol. The molecule has 0 saturated carbocycles. The van der Waals surface area contributed by atoms with Crippen LogP contribution in [0.3, 0.4) is 0 Å². The summed E-state index contributed by atoms with van der Waals surface area (Å²) in [5, 5.41) is 29.6. The molecular weight excluding hydrogens is 442 g/mol. The predicted octanol–water partition coefficient (Wildman–Crippen LogP) is -1.13. The maximum absolute atomic E-state index is 12.9. The number of pyridine rings is 1. The van der Waals surface area contributed by atoms with Crippen molar-refractivity contribution in [1.29, 1.82) is 0 Å². The molecule has 164 valence electrons. The lowest BCUT2D eigenvalue weighted by Gasteiger charge is -2.23. The summed E-state index contributed by atoms with van der Waals surface area (Å²) in [4.78, 5) is 6.72. The number of nitrogens with zero attached hydrogens (tertiary/aromatic N) is 5. The van der Waals surface area contributed by atoms with Gasteiger partial charge in [0.25, 0.3) is 0 Å². The topological polar surface area (TPSA) is 189 Å². The fourth-order valence-electron chi connectivity index (χ4n) is 3.38. The van der Waals surface area contributed by atoms with Gasteiger partial charge in [0.15, 0.2) is 0 Å². The zero-order valence-electron chi connectivity index (χ0n) is 16.3. The molecule has 0 bridgehead atoms. The van der Waals surface area contributed by atoms with Gasteiger partial charge in [-0.15, -0.1) is 10.2 Å². The Bertz CT molecular complexity index is 1130. The molecule has 3 heterocycles. The summed E-state index contributed by atoms with van der Waals surface area (Å²) < 4.78 is 28.2. The molecule has 31 heavy (non-hydrogen) atoms. The summed E-state index contributed by atoms with van der Waals surface area (Å²) >= 11 is 0. The standard InChI is InChI=1S/C17H21N9O3S2/c18-8-11(27)9-21-31(29)13-4-3-12(26-7-5-10-2-1-6-20-17(10)26)14(15(13)30(19)28)16-22-24-25-23-16/h1-4,6,11,21,27H,5,7-9,18-19H2,(H,22,23,24,25)/t11-,30?,31?/m1/s1. The number of fused-ring (bicyclic) bond motifs is 1. The highest BCUT2D eigenvalue weighted by molar-refractivity contribution is 7.86. The third kappa shape index (κ3) is 4.26. The minimum Gasteiger partial charge on any atom is -0.390 e. The van der Waals surface area contributed by atoms with Gasteiger partial charge in [-0.05, 0) is 35.4 Å². The minimum absolute atomic E-state index is 0.00823. The van der Waals surface area contributed by atoms with Gasteiger partial charge >= 0.3 is 0 Å². The van der Waals surface area contributed by atoms with Crippen LogP contribution in [0, 0.1) is 0 Å². The number of H-pyrrole nitrogens is 1. The Morgan fingerprint density at radius 1 is 1.32 bits per heavy atom. The van der Waals surface area contributed by atoms with Gasteiger partial charge in [-0.25, -0.2) is 23.3 Å². The molecule has 4 rings (SSSR count). The average molecular weight is 464 g/mol. The van der Waals surface area contributed by atoms with Crippen LogP contribution in [-0.4, -0.2) is 64.9 Å². The van der Waals surface area contributed by atoms with Gasteiger partial charge in [0, 0.05) is 25.8 Å². The molecule has 1 aromatic carbocycles. The summed E-state index contributed by atoms with van der Waals surface area (Å²) in [6.45, 7) is 0.633. The van der Waals surface area contributed by atoms with Crippen LogP contribution in [0.25, 0.3) is 11.4 Å². The van der Waals surface area contributed by atoms with Crippen molar-refractivity contribution >= 4 is 33.5 Å². The molecular formula is C17H21N9O3S2. The maximum atomic E-state index is 12.9. The number of rotatable bonds is 8. The number of tetrazole rings is 1. The van der Waals surface area contributed by atoms with E-state index < -0.39 is 28.1 Å². The Morgan fingerprint density at radius 3 is 2.87 bits per heavy atom. The van der Waals surface area contributed by atoms with E-state index in [4.69, 9.17) is 10.9 Å². The number of hydrogen-bond acceptors (Lipinski definition) is 9. The lowest BCUT2D eigenvalue weighted by Crippen LogP contribution is -2.34. The fraction of sp³-hybridized carbons (Fsp3) is 0.294. The number of aromatic amines is 1. The maximum Gasteiger partial charge on any atom is 0.208 e. The summed E-state index contributed by atoms with van der Waals surface area (Å²) in [5.41, 5.74) is 7.44. The van der Waals surface area contributed by atoms with Crippen molar-refractivity contribution < 1.29 is 13.5 Å². The molecule has 0 fully saturated rings. The molecule has 0 saturated heterocycles. The van der Waals surface area contributed by atoms with Crippen molar-refractivity contribution in [3.8, 4) is 11.4 Å². The first-order valence-corrected chi connectivity index (χ1v) is 11.7. The van der Waals surface area contributed by atoms with Crippen molar-refractivity contribution in [2.45, 2.75) is 22.3 Å². The number of nitrogens with two attached hydrogens (primary N) is 2. The van der Waals surface area contributed by atoms with Crippen LogP contribution in [0.4, 0.5) is 11.5 Å². The minimum atomic E-state index is -2.03. The number of aliphatic hydroxyl groups is 1. The van der Waals surface area contributed by atoms with E-state index in [9.17, 15) is 13.5 Å². The molecule has 3 atom stereocenters. The SMILES string of the molecule is NC[C@@H](O)CNS(=O)c1ccc(N2CCc3cccnc32)c(-c2nn[nH]n2)c1S(N)=O. The number of benzene rings is 1. The van der Waals surface area contributed by atoms with E-state index in [1.165, 1.54) is 0 Å². The summed E-state index contributed by atoms with van der Waals surface area (Å²) in [6.07, 6.45) is 1.60. The molecule has 2 unspecified atom stereocenters. The van der Waals surface area contributed by atoms with Gasteiger partial charge in [0.05, 0.1) is 27.1 Å². The molecule has 1 aliphatic rings. The van der Waals surface area contributed by atoms with Gasteiger partial charge in [0.2, 0.25) is 5.82 Å². The van der Waals surface area contributed by atoms with E-state index in [1.807, 2.05) is 17.0 Å². The predicted molar refractivity (Wildman–Crippen MR) is 115 cm³/mol. The zero-order chi connectivity index (χ0) is 22.0. The average Bonchev–Trinajstić information content (AvgIpc) is 3.46. The van der Waals surface area contributed by atoms with Crippen molar-refractivity contribution in [3.63, 3.8) is 0 Å². The number of hydrogen-bond donors (Lipinski definition) is 5. The highest BCUT2D eigenvalue weighted by atomic mass is 32.2. The molecule has 0 spiro atoms. The lowest BCUT2D eigenvalue weighted by atomic mass is 10.1. The van der Waals surface area contributed by atoms with Gasteiger partial charge in [-0.1, -0.05) is 6.07 Å². The Labute approximate surface area is 182 Å². The molecule has 12 nitrogen and oxygen atoms in total. The van der Waals surface area contributed by atoms with E-state index in [-0.39, 0.29) is 28.7 Å². The smallest absolute Gasteiger partial charge is 0.208 e. The van der Waals surface area contributed by atoms with Gasteiger partial charge in [0.1, 0.15) is 27.8 Å². The van der Waals surface area contributed by atoms with E-state index in [0.29, 0.717) is 17.8 Å². The molecule has 7 N–H and O–H groups in total. The number of aromatic nitrogens is 5. The molecule has 2 aromatic heterocycles. The second-order valence-electron chi connectivity index (χ2n) is 6.71. The van der Waals surface area contributed by atoms with Crippen molar-refractivity contribution in [3.05, 3.63) is 36.0 Å². The Kier molecular flexibility index (Phi) is 6.45. The number of aliphatic hydroxyl groups excluding tert-OH is 1. The van der Waals surface area contributed by atoms with Crippen LogP contribution >= 0.6 is 0 Å². The van der Waals surface area contributed by atoms with Crippen molar-refractivity contribution in [2.75, 3.05) is 24.5 Å². The Morgan fingerprint density at radius 2 is 2.16 bits per heavy atom. The van der Waals surface area contributed by atoms with Crippen LogP contribution in [-0.2, 0) is 28.4 Å². The van der Waals surface area contributed by atoms with Crippen LogP contribution in [0.5, 0.6) is 0 Å². The van der Waals surface area contributed by atoms with Crippen LogP contribution in [0.2, 0.25) is 0 Å². The lowest BCUT2D eigenvalue weighted by molar-refractivity contribution is 0.187. The summed E-state index contributed by atoms with van der Waals surface area (Å²) in [5.74, 6) is 0.924. The number of anilines is 2. The molecule has 14 heteroatoms. The first kappa shape index (κ1) is 21.6. The van der Waals surface area contributed by atoms with Crippen LogP contribution < -0.4 is 20.5 Å². The number of nitrogens with one attached hydrogen (secondary N) is 2. The van der Waals surface area contributed by atoms with Crippen LogP contribution in [0.15, 0.2) is 40.3 Å². The van der Waals surface area contributed by atoms with Crippen LogP contribution in [0.1, 0.15) is 5.56 Å². The van der Waals surface area contributed by atoms with E-state index in [1.54, 1.807) is 18.3 Å². The Hall–Kier alpha value is -2.62. The molecule has 1 aliphatic heterocycles. The molecule has 0 aliphatic carbocycles. The summed E-state index contributed by atoms with van der Waals surface area (Å²) in [7, 11) is -3.85. The third-order valence-corrected chi connectivity index (χ3v) is 6.93. The largest absolute Gasteiger partial charge is 0.390 e. The highest BCUT2D eigenvalue weighted by Gasteiger charge is 2.30. The second-order valence-corrected chi connectivity index (χ2v) is 8.98. The first-order chi connectivity index (χ1) is 15.0. The Balaban J connectivity index is 1.85.